The van der Waals surface area contributed by atoms with Crippen molar-refractivity contribution in [2.75, 3.05) is 55.8 Å². The minimum absolute atomic E-state index is 0.0639. The second-order valence-corrected chi connectivity index (χ2v) is 14.0. The van der Waals surface area contributed by atoms with Gasteiger partial charge in [-0.1, -0.05) is 24.6 Å². The zero-order valence-corrected chi connectivity index (χ0v) is 31.3. The Morgan fingerprint density at radius 1 is 0.982 bits per heavy atom. The number of unbranched alkanes of at least 4 members (excludes halogenated alkanes) is 2. The molecule has 16 heteroatoms. The monoisotopic (exact) mass is 775 g/mol. The van der Waals surface area contributed by atoms with Crippen molar-refractivity contribution in [1.29, 1.82) is 5.41 Å². The summed E-state index contributed by atoms with van der Waals surface area (Å²) in [5, 5.41) is 14.3. The highest BCUT2D eigenvalue weighted by Crippen LogP contribution is 2.32. The van der Waals surface area contributed by atoms with Crippen LogP contribution in [-0.4, -0.2) is 101 Å². The van der Waals surface area contributed by atoms with E-state index in [1.165, 1.54) is 25.4 Å². The standard InChI is InChI=1S/C41H42FN9O6/c1-57-32-7-5-6-29(42)35(32)38-46-23-30(43)37(48-38)36(44)24-9-12-26(13-10-24)49-18-20-50(21-19-49)34(53)8-3-2-4-17-45-25-11-14-27-28(22-25)41(56)51(40(27)55)31-15-16-33(52)47-39(31)54/h5-7,9-14,22-23,31,44-45H,2-4,8,15-21,43H2,1H3,(H,47,52,54). The highest BCUT2D eigenvalue weighted by Gasteiger charge is 2.44. The molecule has 4 heterocycles. The molecular weight excluding hydrogens is 734 g/mol. The Bertz CT molecular complexity index is 2260. The van der Waals surface area contributed by atoms with Crippen molar-refractivity contribution in [3.8, 4) is 17.1 Å². The number of ether oxygens (including phenoxy) is 1. The Labute approximate surface area is 327 Å². The Morgan fingerprint density at radius 3 is 2.47 bits per heavy atom. The minimum Gasteiger partial charge on any atom is -0.496 e. The van der Waals surface area contributed by atoms with Gasteiger partial charge in [-0.15, -0.1) is 0 Å². The number of nitrogens with zero attached hydrogens (tertiary/aromatic N) is 5. The molecule has 0 aliphatic carbocycles. The topological polar surface area (TPSA) is 204 Å². The van der Waals surface area contributed by atoms with Crippen molar-refractivity contribution in [2.45, 2.75) is 44.6 Å². The number of benzene rings is 3. The predicted octanol–water partition coefficient (Wildman–Crippen LogP) is 4.01. The number of hydrogen-bond acceptors (Lipinski definition) is 12. The molecule has 5 N–H and O–H groups in total. The fourth-order valence-electron chi connectivity index (χ4n) is 7.34. The molecule has 57 heavy (non-hydrogen) atoms. The maximum Gasteiger partial charge on any atom is 0.262 e. The van der Waals surface area contributed by atoms with E-state index < -0.39 is 35.5 Å². The number of imide groups is 2. The van der Waals surface area contributed by atoms with Crippen LogP contribution in [-0.2, 0) is 14.4 Å². The lowest BCUT2D eigenvalue weighted by Crippen LogP contribution is -2.54. The fraction of sp³-hybridized carbons (Fsp3) is 0.317. The van der Waals surface area contributed by atoms with Gasteiger partial charge >= 0.3 is 0 Å². The third-order valence-corrected chi connectivity index (χ3v) is 10.5. The number of amides is 5. The van der Waals surface area contributed by atoms with Crippen LogP contribution in [0.2, 0.25) is 0 Å². The molecule has 2 fully saturated rings. The molecule has 5 amide bonds. The Kier molecular flexibility index (Phi) is 11.2. The van der Waals surface area contributed by atoms with Crippen molar-refractivity contribution in [2.24, 2.45) is 0 Å². The van der Waals surface area contributed by atoms with Crippen LogP contribution in [0.4, 0.5) is 21.5 Å². The molecule has 7 rings (SSSR count). The zero-order chi connectivity index (χ0) is 40.2. The molecule has 1 unspecified atom stereocenters. The van der Waals surface area contributed by atoms with Gasteiger partial charge in [-0.05, 0) is 61.7 Å². The number of carbonyl (C=O) groups excluding carboxylic acids is 5. The number of carbonyl (C=O) groups is 5. The van der Waals surface area contributed by atoms with Gasteiger partial charge in [0.05, 0.1) is 41.4 Å². The first-order valence-corrected chi connectivity index (χ1v) is 18.8. The number of nitrogens with two attached hydrogens (primary N) is 1. The zero-order valence-electron chi connectivity index (χ0n) is 31.3. The van der Waals surface area contributed by atoms with E-state index in [0.29, 0.717) is 50.4 Å². The number of rotatable bonds is 13. The van der Waals surface area contributed by atoms with E-state index in [0.717, 1.165) is 29.8 Å². The van der Waals surface area contributed by atoms with Gasteiger partial charge in [-0.25, -0.2) is 14.4 Å². The quantitative estimate of drug-likeness (QED) is 0.0868. The van der Waals surface area contributed by atoms with Crippen molar-refractivity contribution < 1.29 is 33.1 Å². The molecular formula is C41H42FN9O6. The molecule has 2 saturated heterocycles. The van der Waals surface area contributed by atoms with E-state index >= 15 is 0 Å². The number of nitrogens with one attached hydrogen (secondary N) is 3. The number of piperidine rings is 1. The van der Waals surface area contributed by atoms with Crippen LogP contribution in [0.1, 0.15) is 70.5 Å². The van der Waals surface area contributed by atoms with Crippen LogP contribution < -0.4 is 26.0 Å². The number of anilines is 3. The van der Waals surface area contributed by atoms with Crippen LogP contribution in [0, 0.1) is 11.2 Å². The maximum atomic E-state index is 14.7. The summed E-state index contributed by atoms with van der Waals surface area (Å²) in [6.45, 7) is 3.13. The van der Waals surface area contributed by atoms with Crippen LogP contribution in [0.25, 0.3) is 11.4 Å². The van der Waals surface area contributed by atoms with Crippen molar-refractivity contribution in [1.82, 2.24) is 25.1 Å². The molecule has 4 aromatic rings. The lowest BCUT2D eigenvalue weighted by Gasteiger charge is -2.36. The normalized spacial score (nSPS) is 16.7. The van der Waals surface area contributed by atoms with Crippen LogP contribution in [0.5, 0.6) is 5.75 Å². The van der Waals surface area contributed by atoms with Crippen molar-refractivity contribution in [3.63, 3.8) is 0 Å². The predicted molar refractivity (Wildman–Crippen MR) is 210 cm³/mol. The van der Waals surface area contributed by atoms with Gasteiger partial charge in [0.1, 0.15) is 23.3 Å². The lowest BCUT2D eigenvalue weighted by atomic mass is 10.0. The summed E-state index contributed by atoms with van der Waals surface area (Å²) in [6, 6.07) is 15.8. The highest BCUT2D eigenvalue weighted by atomic mass is 19.1. The van der Waals surface area contributed by atoms with E-state index in [2.05, 4.69) is 25.5 Å². The van der Waals surface area contributed by atoms with Crippen molar-refractivity contribution >= 4 is 52.3 Å². The molecule has 15 nitrogen and oxygen atoms in total. The Hall–Kier alpha value is -6.71. The molecule has 3 aliphatic rings. The molecule has 1 atom stereocenters. The minimum atomic E-state index is -1.01. The molecule has 3 aliphatic heterocycles. The summed E-state index contributed by atoms with van der Waals surface area (Å²) < 4.78 is 20.0. The number of aromatic nitrogens is 2. The Balaban J connectivity index is 0.839. The van der Waals surface area contributed by atoms with Gasteiger partial charge in [0.15, 0.2) is 5.82 Å². The van der Waals surface area contributed by atoms with Crippen LogP contribution in [0.3, 0.4) is 0 Å². The lowest BCUT2D eigenvalue weighted by molar-refractivity contribution is -0.136. The average Bonchev–Trinajstić information content (AvgIpc) is 3.46. The summed E-state index contributed by atoms with van der Waals surface area (Å²) >= 11 is 0. The van der Waals surface area contributed by atoms with E-state index in [4.69, 9.17) is 15.9 Å². The van der Waals surface area contributed by atoms with Gasteiger partial charge in [0.25, 0.3) is 11.8 Å². The van der Waals surface area contributed by atoms with Gasteiger partial charge in [-0.3, -0.25) is 39.6 Å². The number of nitrogen functional groups attached to an aromatic ring is 1. The smallest absolute Gasteiger partial charge is 0.262 e. The van der Waals surface area contributed by atoms with E-state index in [1.807, 2.05) is 29.2 Å². The molecule has 0 saturated carbocycles. The largest absolute Gasteiger partial charge is 0.496 e. The first kappa shape index (κ1) is 38.6. The molecule has 1 aromatic heterocycles. The van der Waals surface area contributed by atoms with Gasteiger partial charge in [0, 0.05) is 62.5 Å². The van der Waals surface area contributed by atoms with E-state index in [1.54, 1.807) is 24.3 Å². The van der Waals surface area contributed by atoms with Crippen LogP contribution >= 0.6 is 0 Å². The number of methoxy groups -OCH3 is 1. The first-order valence-electron chi connectivity index (χ1n) is 18.8. The maximum absolute atomic E-state index is 14.7. The van der Waals surface area contributed by atoms with Gasteiger partial charge < -0.3 is 25.6 Å². The molecule has 0 bridgehead atoms. The fourth-order valence-corrected chi connectivity index (χ4v) is 7.34. The second kappa shape index (κ2) is 16.6. The summed E-state index contributed by atoms with van der Waals surface area (Å²) in [5.74, 6) is -2.25. The molecule has 0 spiro atoms. The summed E-state index contributed by atoms with van der Waals surface area (Å²) in [5.41, 5.74) is 9.36. The number of halogens is 1. The van der Waals surface area contributed by atoms with E-state index in [-0.39, 0.29) is 64.1 Å². The number of fused-ring (bicyclic) bond motifs is 1. The summed E-state index contributed by atoms with van der Waals surface area (Å²) in [6.07, 6.45) is 4.33. The summed E-state index contributed by atoms with van der Waals surface area (Å²) in [4.78, 5) is 76.5. The Morgan fingerprint density at radius 2 is 1.74 bits per heavy atom. The molecule has 3 aromatic carbocycles. The second-order valence-electron chi connectivity index (χ2n) is 14.0. The molecule has 0 radical (unpaired) electrons. The first-order chi connectivity index (χ1) is 27.5. The SMILES string of the molecule is COc1cccc(F)c1-c1ncc(N)c(C(=N)c2ccc(N3CCN(C(=O)CCCCCNc4ccc5c(c4)C(=O)N(C4CCC(=O)NC4=O)C5=O)CC3)cc2)n1. The number of hydrogen-bond donors (Lipinski definition) is 4. The van der Waals surface area contributed by atoms with E-state index in [9.17, 15) is 28.4 Å². The number of piperazine rings is 1. The van der Waals surface area contributed by atoms with Gasteiger partial charge in [-0.2, -0.15) is 0 Å². The summed E-state index contributed by atoms with van der Waals surface area (Å²) in [7, 11) is 1.43. The van der Waals surface area contributed by atoms with Crippen LogP contribution in [0.15, 0.2) is 66.9 Å². The third-order valence-electron chi connectivity index (χ3n) is 10.5. The highest BCUT2D eigenvalue weighted by molar-refractivity contribution is 6.23. The van der Waals surface area contributed by atoms with Gasteiger partial charge in [0.2, 0.25) is 17.7 Å². The third kappa shape index (κ3) is 8.01. The molecule has 294 valence electrons. The van der Waals surface area contributed by atoms with Crippen molar-refractivity contribution in [3.05, 3.63) is 95.1 Å². The average molecular weight is 776 g/mol.